The summed E-state index contributed by atoms with van der Waals surface area (Å²) < 4.78 is 34.4. The van der Waals surface area contributed by atoms with Gasteiger partial charge in [0.25, 0.3) is 5.92 Å². The molecule has 4 nitrogen and oxygen atoms in total. The molecule has 1 N–H and O–H groups in total. The summed E-state index contributed by atoms with van der Waals surface area (Å²) >= 11 is 11.4. The molecule has 0 aliphatic carbocycles. The van der Waals surface area contributed by atoms with Gasteiger partial charge < -0.3 is 14.6 Å². The minimum Gasteiger partial charge on any atom is -0.437 e. The third-order valence-corrected chi connectivity index (χ3v) is 3.90. The van der Waals surface area contributed by atoms with Gasteiger partial charge in [-0.2, -0.15) is 8.78 Å². The molecule has 0 radical (unpaired) electrons. The van der Waals surface area contributed by atoms with Gasteiger partial charge in [0.1, 0.15) is 16.4 Å². The highest BCUT2D eigenvalue weighted by atomic mass is 35.5. The van der Waals surface area contributed by atoms with Crippen molar-refractivity contribution in [2.45, 2.75) is 31.8 Å². The molecule has 0 saturated carbocycles. The van der Waals surface area contributed by atoms with Gasteiger partial charge in [0, 0.05) is 18.2 Å². The maximum Gasteiger partial charge on any atom is 0.376 e. The summed E-state index contributed by atoms with van der Waals surface area (Å²) in [5.74, 6) is -3.29. The zero-order chi connectivity index (χ0) is 15.8. The summed E-state index contributed by atoms with van der Waals surface area (Å²) in [6.07, 6.45) is -1.39. The molecule has 1 saturated heterocycles. The normalized spacial score (nSPS) is 24.1. The van der Waals surface area contributed by atoms with E-state index in [1.165, 1.54) is 6.82 Å². The highest BCUT2D eigenvalue weighted by molar-refractivity contribution is 6.45. The van der Waals surface area contributed by atoms with Crippen LogP contribution in [-0.2, 0) is 10.7 Å². The lowest BCUT2D eigenvalue weighted by atomic mass is 9.81. The van der Waals surface area contributed by atoms with E-state index in [1.807, 2.05) is 0 Å². The molecule has 2 heterocycles. The first-order valence-corrected chi connectivity index (χ1v) is 7.24. The average molecular weight is 339 g/mol. The molecular weight excluding hydrogens is 324 g/mol. The Labute approximate surface area is 132 Å². The topological polar surface area (TPSA) is 45.6 Å². The summed E-state index contributed by atoms with van der Waals surface area (Å²) in [6.45, 7) is 3.36. The Hall–Kier alpha value is -0.465. The van der Waals surface area contributed by atoms with Gasteiger partial charge in [-0.25, -0.2) is 4.98 Å². The standard InChI is InChI=1S/C12H15BCl2F2N2O2/c1-7-6-21-9(5-19(7)13(2)20)12(16,17)8-3-10(14)18-11(15)4-8/h3-4,7,9,20H,5-6H2,1-2H3. The van der Waals surface area contributed by atoms with E-state index in [1.54, 1.807) is 11.7 Å². The Morgan fingerprint density at radius 2 is 2.00 bits per heavy atom. The van der Waals surface area contributed by atoms with Crippen molar-refractivity contribution in [1.82, 2.24) is 9.79 Å². The SMILES string of the molecule is CB(O)N1CC(C(F)(F)c2cc(Cl)nc(Cl)c2)OCC1C. The lowest BCUT2D eigenvalue weighted by Gasteiger charge is -2.41. The van der Waals surface area contributed by atoms with E-state index in [9.17, 15) is 13.8 Å². The second kappa shape index (κ2) is 6.34. The molecule has 1 aromatic heterocycles. The van der Waals surface area contributed by atoms with E-state index in [-0.39, 0.29) is 35.1 Å². The zero-order valence-corrected chi connectivity index (χ0v) is 13.1. The van der Waals surface area contributed by atoms with E-state index < -0.39 is 19.1 Å². The maximum atomic E-state index is 14.6. The number of nitrogens with zero attached hydrogens (tertiary/aromatic N) is 2. The molecule has 9 heteroatoms. The van der Waals surface area contributed by atoms with Gasteiger partial charge >= 0.3 is 7.05 Å². The van der Waals surface area contributed by atoms with Gasteiger partial charge in [-0.3, -0.25) is 0 Å². The van der Waals surface area contributed by atoms with E-state index in [0.29, 0.717) is 0 Å². The summed E-state index contributed by atoms with van der Waals surface area (Å²) in [6, 6.07) is 2.00. The summed E-state index contributed by atoms with van der Waals surface area (Å²) in [5.41, 5.74) is -0.349. The lowest BCUT2D eigenvalue weighted by Crippen LogP contribution is -2.57. The maximum absolute atomic E-state index is 14.6. The summed E-state index contributed by atoms with van der Waals surface area (Å²) in [4.78, 5) is 5.22. The average Bonchev–Trinajstić information content (AvgIpc) is 2.37. The van der Waals surface area contributed by atoms with Crippen molar-refractivity contribution in [3.05, 3.63) is 28.0 Å². The van der Waals surface area contributed by atoms with Crippen LogP contribution < -0.4 is 0 Å². The fraction of sp³-hybridized carbons (Fsp3) is 0.583. The molecule has 0 amide bonds. The zero-order valence-electron chi connectivity index (χ0n) is 11.6. The van der Waals surface area contributed by atoms with Gasteiger partial charge in [0.2, 0.25) is 0 Å². The van der Waals surface area contributed by atoms with Crippen LogP contribution in [0.5, 0.6) is 0 Å². The first-order valence-electron chi connectivity index (χ1n) is 6.48. The smallest absolute Gasteiger partial charge is 0.376 e. The second-order valence-corrected chi connectivity index (χ2v) is 5.90. The first kappa shape index (κ1) is 16.9. The molecule has 0 aromatic carbocycles. The van der Waals surface area contributed by atoms with Crippen LogP contribution in [0.1, 0.15) is 12.5 Å². The molecule has 0 bridgehead atoms. The van der Waals surface area contributed by atoms with Gasteiger partial charge in [-0.05, 0) is 25.9 Å². The van der Waals surface area contributed by atoms with Crippen LogP contribution in [0.15, 0.2) is 12.1 Å². The number of hydrogen-bond acceptors (Lipinski definition) is 4. The van der Waals surface area contributed by atoms with Crippen molar-refractivity contribution in [1.29, 1.82) is 0 Å². The van der Waals surface area contributed by atoms with Crippen LogP contribution in [0.2, 0.25) is 17.1 Å². The Morgan fingerprint density at radius 3 is 2.52 bits per heavy atom. The molecule has 1 aliphatic rings. The van der Waals surface area contributed by atoms with E-state index in [2.05, 4.69) is 4.98 Å². The van der Waals surface area contributed by atoms with Gasteiger partial charge in [0.05, 0.1) is 6.61 Å². The minimum atomic E-state index is -3.29. The van der Waals surface area contributed by atoms with Crippen LogP contribution in [0, 0.1) is 0 Å². The number of rotatable bonds is 3. The van der Waals surface area contributed by atoms with Crippen molar-refractivity contribution < 1.29 is 18.5 Å². The lowest BCUT2D eigenvalue weighted by molar-refractivity contribution is -0.174. The number of pyridine rings is 1. The predicted molar refractivity (Wildman–Crippen MR) is 77.9 cm³/mol. The van der Waals surface area contributed by atoms with Crippen LogP contribution in [0.25, 0.3) is 0 Å². The minimum absolute atomic E-state index is 0.0939. The predicted octanol–water partition coefficient (Wildman–Crippen LogP) is 2.68. The highest BCUT2D eigenvalue weighted by Crippen LogP contribution is 2.37. The van der Waals surface area contributed by atoms with Gasteiger partial charge in [-0.15, -0.1) is 0 Å². The molecular formula is C12H15BCl2F2N2O2. The molecule has 1 aromatic rings. The first-order chi connectivity index (χ1) is 9.71. The quantitative estimate of drug-likeness (QED) is 0.680. The Bertz CT molecular complexity index is 502. The van der Waals surface area contributed by atoms with Crippen molar-refractivity contribution in [2.24, 2.45) is 0 Å². The molecule has 2 rings (SSSR count). The largest absolute Gasteiger partial charge is 0.437 e. The molecule has 1 fully saturated rings. The molecule has 0 spiro atoms. The van der Waals surface area contributed by atoms with Crippen molar-refractivity contribution in [2.75, 3.05) is 13.2 Å². The van der Waals surface area contributed by atoms with Crippen LogP contribution in [-0.4, -0.2) is 47.2 Å². The van der Waals surface area contributed by atoms with E-state index >= 15 is 0 Å². The highest BCUT2D eigenvalue weighted by Gasteiger charge is 2.47. The molecule has 116 valence electrons. The van der Waals surface area contributed by atoms with Crippen LogP contribution in [0.3, 0.4) is 0 Å². The van der Waals surface area contributed by atoms with Gasteiger partial charge in [0.15, 0.2) is 0 Å². The molecule has 1 aliphatic heterocycles. The number of ether oxygens (including phenoxy) is 1. The summed E-state index contributed by atoms with van der Waals surface area (Å²) in [7, 11) is -0.827. The Kier molecular flexibility index (Phi) is 5.10. The number of alkyl halides is 2. The second-order valence-electron chi connectivity index (χ2n) is 5.12. The van der Waals surface area contributed by atoms with Crippen LogP contribution >= 0.6 is 23.2 Å². The van der Waals surface area contributed by atoms with Crippen molar-refractivity contribution >= 4 is 30.3 Å². The van der Waals surface area contributed by atoms with Crippen molar-refractivity contribution in [3.63, 3.8) is 0 Å². The fourth-order valence-corrected chi connectivity index (χ4v) is 2.82. The number of halogens is 4. The monoisotopic (exact) mass is 338 g/mol. The van der Waals surface area contributed by atoms with E-state index in [0.717, 1.165) is 12.1 Å². The fourth-order valence-electron chi connectivity index (χ4n) is 2.36. The molecule has 21 heavy (non-hydrogen) atoms. The summed E-state index contributed by atoms with van der Waals surface area (Å²) in [5, 5.41) is 9.46. The third-order valence-electron chi connectivity index (χ3n) is 3.51. The molecule has 2 unspecified atom stereocenters. The number of aromatic nitrogens is 1. The number of morpholine rings is 1. The van der Waals surface area contributed by atoms with Gasteiger partial charge in [-0.1, -0.05) is 23.2 Å². The van der Waals surface area contributed by atoms with Crippen LogP contribution in [0.4, 0.5) is 8.78 Å². The number of hydrogen-bond donors (Lipinski definition) is 1. The Morgan fingerprint density at radius 1 is 1.43 bits per heavy atom. The van der Waals surface area contributed by atoms with E-state index in [4.69, 9.17) is 27.9 Å². The third kappa shape index (κ3) is 3.66. The van der Waals surface area contributed by atoms with Crippen molar-refractivity contribution in [3.8, 4) is 0 Å². The molecule has 2 atom stereocenters. The Balaban J connectivity index is 2.26.